The highest BCUT2D eigenvalue weighted by Gasteiger charge is 2.36. The quantitative estimate of drug-likeness (QED) is 0.732. The second-order valence-corrected chi connectivity index (χ2v) is 6.70. The van der Waals surface area contributed by atoms with E-state index in [1.54, 1.807) is 0 Å². The van der Waals surface area contributed by atoms with Crippen LogP contribution in [0.2, 0.25) is 0 Å². The molecule has 3 heteroatoms. The van der Waals surface area contributed by atoms with E-state index in [0.717, 1.165) is 31.8 Å². The Kier molecular flexibility index (Phi) is 5.67. The van der Waals surface area contributed by atoms with Crippen LogP contribution in [0.5, 0.6) is 0 Å². The molecule has 1 N–H and O–H groups in total. The molecule has 3 nitrogen and oxygen atoms in total. The standard InChI is InChI=1S/C16H32N2O/c1-4-15(5-2)18(3)12-16(9-6-10-19-13-16)11-17-14-7-8-14/h14-15,17H,4-13H2,1-3H3. The maximum absolute atomic E-state index is 5.82. The summed E-state index contributed by atoms with van der Waals surface area (Å²) in [6, 6.07) is 1.52. The first kappa shape index (κ1) is 15.3. The van der Waals surface area contributed by atoms with E-state index in [1.165, 1.54) is 45.1 Å². The van der Waals surface area contributed by atoms with Crippen LogP contribution in [-0.4, -0.2) is 50.3 Å². The highest BCUT2D eigenvalue weighted by molar-refractivity contribution is 4.91. The zero-order valence-corrected chi connectivity index (χ0v) is 13.1. The summed E-state index contributed by atoms with van der Waals surface area (Å²) in [4.78, 5) is 2.57. The summed E-state index contributed by atoms with van der Waals surface area (Å²) < 4.78 is 5.82. The van der Waals surface area contributed by atoms with Crippen molar-refractivity contribution in [1.29, 1.82) is 0 Å². The molecule has 0 aromatic rings. The summed E-state index contributed by atoms with van der Waals surface area (Å²) in [6.45, 7) is 8.83. The van der Waals surface area contributed by atoms with Gasteiger partial charge in [0.15, 0.2) is 0 Å². The molecular formula is C16H32N2O. The minimum atomic E-state index is 0.345. The molecule has 0 aromatic heterocycles. The Balaban J connectivity index is 1.91. The molecule has 1 atom stereocenters. The Bertz CT molecular complexity index is 255. The highest BCUT2D eigenvalue weighted by atomic mass is 16.5. The van der Waals surface area contributed by atoms with Crippen molar-refractivity contribution < 1.29 is 4.74 Å². The summed E-state index contributed by atoms with van der Waals surface area (Å²) in [5, 5.41) is 3.74. The Morgan fingerprint density at radius 3 is 2.58 bits per heavy atom. The minimum absolute atomic E-state index is 0.345. The van der Waals surface area contributed by atoms with E-state index in [4.69, 9.17) is 4.74 Å². The lowest BCUT2D eigenvalue weighted by Gasteiger charge is -2.42. The Morgan fingerprint density at radius 1 is 1.32 bits per heavy atom. The third kappa shape index (κ3) is 4.44. The number of hydrogen-bond acceptors (Lipinski definition) is 3. The summed E-state index contributed by atoms with van der Waals surface area (Å²) in [6.07, 6.45) is 7.79. The first-order chi connectivity index (χ1) is 9.19. The molecule has 1 heterocycles. The van der Waals surface area contributed by atoms with E-state index >= 15 is 0 Å². The van der Waals surface area contributed by atoms with Crippen molar-refractivity contribution >= 4 is 0 Å². The van der Waals surface area contributed by atoms with E-state index < -0.39 is 0 Å². The molecule has 1 unspecified atom stereocenters. The molecule has 0 radical (unpaired) electrons. The highest BCUT2D eigenvalue weighted by Crippen LogP contribution is 2.31. The Morgan fingerprint density at radius 2 is 2.05 bits per heavy atom. The second kappa shape index (κ2) is 7.05. The average Bonchev–Trinajstić information content (AvgIpc) is 3.23. The number of nitrogens with zero attached hydrogens (tertiary/aromatic N) is 1. The van der Waals surface area contributed by atoms with E-state index in [1.807, 2.05) is 0 Å². The Labute approximate surface area is 119 Å². The molecule has 1 saturated carbocycles. The lowest BCUT2D eigenvalue weighted by atomic mass is 9.81. The van der Waals surface area contributed by atoms with Crippen LogP contribution in [0.4, 0.5) is 0 Å². The van der Waals surface area contributed by atoms with Crippen molar-refractivity contribution in [2.24, 2.45) is 5.41 Å². The molecule has 1 aliphatic carbocycles. The largest absolute Gasteiger partial charge is 0.381 e. The van der Waals surface area contributed by atoms with Gasteiger partial charge in [0.1, 0.15) is 0 Å². The zero-order chi connectivity index (χ0) is 13.7. The van der Waals surface area contributed by atoms with Crippen molar-refractivity contribution in [3.05, 3.63) is 0 Å². The van der Waals surface area contributed by atoms with Gasteiger partial charge in [-0.3, -0.25) is 0 Å². The SMILES string of the molecule is CCC(CC)N(C)CC1(CNC2CC2)CCCOC1. The lowest BCUT2D eigenvalue weighted by molar-refractivity contribution is -0.0289. The number of nitrogens with one attached hydrogen (secondary N) is 1. The molecular weight excluding hydrogens is 236 g/mol. The molecule has 1 aliphatic heterocycles. The molecule has 0 spiro atoms. The van der Waals surface area contributed by atoms with Crippen LogP contribution in [0.25, 0.3) is 0 Å². The van der Waals surface area contributed by atoms with Crippen LogP contribution in [0.15, 0.2) is 0 Å². The molecule has 1 saturated heterocycles. The number of rotatable bonds is 8. The third-order valence-corrected chi connectivity index (χ3v) is 4.90. The normalized spacial score (nSPS) is 28.3. The van der Waals surface area contributed by atoms with Crippen LogP contribution in [0.1, 0.15) is 52.4 Å². The van der Waals surface area contributed by atoms with Crippen LogP contribution in [0.3, 0.4) is 0 Å². The van der Waals surface area contributed by atoms with Gasteiger partial charge < -0.3 is 15.0 Å². The monoisotopic (exact) mass is 268 g/mol. The van der Waals surface area contributed by atoms with Gasteiger partial charge in [-0.1, -0.05) is 13.8 Å². The van der Waals surface area contributed by atoms with Crippen molar-refractivity contribution in [2.45, 2.75) is 64.5 Å². The van der Waals surface area contributed by atoms with Gasteiger partial charge in [0, 0.05) is 37.2 Å². The molecule has 112 valence electrons. The molecule has 2 rings (SSSR count). The van der Waals surface area contributed by atoms with E-state index in [-0.39, 0.29) is 0 Å². The minimum Gasteiger partial charge on any atom is -0.381 e. The predicted octanol–water partition coefficient (Wildman–Crippen LogP) is 2.66. The van der Waals surface area contributed by atoms with Gasteiger partial charge >= 0.3 is 0 Å². The number of hydrogen-bond donors (Lipinski definition) is 1. The molecule has 0 amide bonds. The maximum Gasteiger partial charge on any atom is 0.0546 e. The van der Waals surface area contributed by atoms with Crippen LogP contribution < -0.4 is 5.32 Å². The van der Waals surface area contributed by atoms with Gasteiger partial charge in [-0.15, -0.1) is 0 Å². The number of ether oxygens (including phenoxy) is 1. The van der Waals surface area contributed by atoms with Gasteiger partial charge in [0.05, 0.1) is 6.61 Å². The summed E-state index contributed by atoms with van der Waals surface area (Å²) in [7, 11) is 2.30. The third-order valence-electron chi connectivity index (χ3n) is 4.90. The zero-order valence-electron chi connectivity index (χ0n) is 13.1. The van der Waals surface area contributed by atoms with Gasteiger partial charge in [-0.2, -0.15) is 0 Å². The molecule has 2 fully saturated rings. The van der Waals surface area contributed by atoms with Crippen molar-refractivity contribution in [3.8, 4) is 0 Å². The first-order valence-electron chi connectivity index (χ1n) is 8.20. The smallest absolute Gasteiger partial charge is 0.0546 e. The summed E-state index contributed by atoms with van der Waals surface area (Å²) in [5.74, 6) is 0. The fourth-order valence-electron chi connectivity index (χ4n) is 3.45. The van der Waals surface area contributed by atoms with Crippen molar-refractivity contribution in [3.63, 3.8) is 0 Å². The van der Waals surface area contributed by atoms with Crippen LogP contribution in [0, 0.1) is 5.41 Å². The fraction of sp³-hybridized carbons (Fsp3) is 1.00. The Hall–Kier alpha value is -0.120. The molecule has 19 heavy (non-hydrogen) atoms. The summed E-state index contributed by atoms with van der Waals surface area (Å²) in [5.41, 5.74) is 0.345. The lowest BCUT2D eigenvalue weighted by Crippen LogP contribution is -2.50. The van der Waals surface area contributed by atoms with E-state index in [0.29, 0.717) is 5.41 Å². The molecule has 0 aromatic carbocycles. The van der Waals surface area contributed by atoms with Gasteiger partial charge in [-0.05, 0) is 45.6 Å². The van der Waals surface area contributed by atoms with Gasteiger partial charge in [0.2, 0.25) is 0 Å². The summed E-state index contributed by atoms with van der Waals surface area (Å²) >= 11 is 0. The van der Waals surface area contributed by atoms with Crippen molar-refractivity contribution in [2.75, 3.05) is 33.4 Å². The van der Waals surface area contributed by atoms with Crippen molar-refractivity contribution in [1.82, 2.24) is 10.2 Å². The van der Waals surface area contributed by atoms with Gasteiger partial charge in [0.25, 0.3) is 0 Å². The van der Waals surface area contributed by atoms with Gasteiger partial charge in [-0.25, -0.2) is 0 Å². The van der Waals surface area contributed by atoms with E-state index in [9.17, 15) is 0 Å². The van der Waals surface area contributed by atoms with E-state index in [2.05, 4.69) is 31.1 Å². The molecule has 2 aliphatic rings. The van der Waals surface area contributed by atoms with Crippen LogP contribution >= 0.6 is 0 Å². The average molecular weight is 268 g/mol. The molecule has 0 bridgehead atoms. The second-order valence-electron chi connectivity index (χ2n) is 6.70. The first-order valence-corrected chi connectivity index (χ1v) is 8.20. The maximum atomic E-state index is 5.82. The van der Waals surface area contributed by atoms with Crippen LogP contribution in [-0.2, 0) is 4.74 Å². The fourth-order valence-corrected chi connectivity index (χ4v) is 3.45. The predicted molar refractivity (Wildman–Crippen MR) is 80.5 cm³/mol. The topological polar surface area (TPSA) is 24.5 Å².